The predicted octanol–water partition coefficient (Wildman–Crippen LogP) is 1.06. The van der Waals surface area contributed by atoms with Gasteiger partial charge in [0.15, 0.2) is 0 Å². The van der Waals surface area contributed by atoms with Crippen LogP contribution in [0.5, 0.6) is 0 Å². The fraction of sp³-hybridized carbons (Fsp3) is 0.625. The fourth-order valence-electron chi connectivity index (χ4n) is 0.643. The van der Waals surface area contributed by atoms with Crippen LogP contribution < -0.4 is 0 Å². The van der Waals surface area contributed by atoms with Crippen molar-refractivity contribution in [2.45, 2.75) is 32.1 Å². The van der Waals surface area contributed by atoms with Crippen molar-refractivity contribution >= 4 is 36.8 Å². The molecule has 0 aliphatic carbocycles. The lowest BCUT2D eigenvalue weighted by atomic mass is 10.5. The van der Waals surface area contributed by atoms with Crippen molar-refractivity contribution < 1.29 is 42.9 Å². The Kier molecular flexibility index (Phi) is 6.44. The molecule has 2 N–H and O–H groups in total. The second-order valence-electron chi connectivity index (χ2n) is 3.05. The highest BCUT2D eigenvalue weighted by Gasteiger charge is 2.45. The van der Waals surface area contributed by atoms with Crippen molar-refractivity contribution in [2.75, 3.05) is 0 Å². The molecule has 0 radical (unpaired) electrons. The Morgan fingerprint density at radius 3 is 1.68 bits per heavy atom. The second kappa shape index (κ2) is 6.85. The zero-order valence-corrected chi connectivity index (χ0v) is 11.6. The molecule has 0 saturated carbocycles. The van der Waals surface area contributed by atoms with Crippen LogP contribution in [0.25, 0.3) is 0 Å². The molecule has 0 aliphatic rings. The lowest BCUT2D eigenvalue weighted by Crippen LogP contribution is -2.38. The van der Waals surface area contributed by atoms with E-state index in [0.717, 1.165) is 0 Å². The molecular weight excluding hydrogens is 307 g/mol. The van der Waals surface area contributed by atoms with E-state index in [0.29, 0.717) is 0 Å². The minimum absolute atomic E-state index is 0.203. The summed E-state index contributed by atoms with van der Waals surface area (Å²) in [6, 6.07) is 0. The monoisotopic (exact) mass is 318 g/mol. The molecule has 9 nitrogen and oxygen atoms in total. The van der Waals surface area contributed by atoms with Crippen molar-refractivity contribution in [2.24, 2.45) is 0 Å². The molecule has 0 heterocycles. The van der Waals surface area contributed by atoms with E-state index < -0.39 is 30.7 Å². The fourth-order valence-corrected chi connectivity index (χ4v) is 1.18. The van der Waals surface area contributed by atoms with E-state index in [2.05, 4.69) is 14.2 Å². The van der Waals surface area contributed by atoms with Gasteiger partial charge in [0.25, 0.3) is 0 Å². The number of esters is 2. The van der Waals surface area contributed by atoms with E-state index in [-0.39, 0.29) is 12.8 Å². The molecule has 0 rings (SSSR count). The molecule has 0 aromatic carbocycles. The van der Waals surface area contributed by atoms with Crippen LogP contribution in [-0.2, 0) is 28.4 Å². The largest absolute Gasteiger partial charge is 0.516 e. The molecule has 0 bridgehead atoms. The summed E-state index contributed by atoms with van der Waals surface area (Å²) in [7, 11) is -5.29. The zero-order chi connectivity index (χ0) is 15.3. The van der Waals surface area contributed by atoms with Crippen molar-refractivity contribution in [3.05, 3.63) is 0 Å². The van der Waals surface area contributed by atoms with E-state index in [1.54, 1.807) is 0 Å². The van der Waals surface area contributed by atoms with Gasteiger partial charge in [-0.05, 0) is 0 Å². The Labute approximate surface area is 112 Å². The van der Waals surface area contributed by atoms with Crippen molar-refractivity contribution in [3.63, 3.8) is 0 Å². The molecule has 0 aromatic rings. The number of hydrogen-bond acceptors (Lipinski definition) is 7. The van der Waals surface area contributed by atoms with Crippen LogP contribution in [0.15, 0.2) is 0 Å². The average molecular weight is 319 g/mol. The number of hydrogen-bond donors (Lipinski definition) is 2. The normalized spacial score (nSPS) is 11.6. The first kappa shape index (κ1) is 17.8. The molecule has 0 aliphatic heterocycles. The molecule has 110 valence electrons. The van der Waals surface area contributed by atoms with Crippen LogP contribution in [-0.4, -0.2) is 32.9 Å². The van der Waals surface area contributed by atoms with Crippen LogP contribution in [0.3, 0.4) is 0 Å². The lowest BCUT2D eigenvalue weighted by molar-refractivity contribution is -0.269. The Balaban J connectivity index is 5.05. The number of rotatable bonds is 6. The highest BCUT2D eigenvalue weighted by Crippen LogP contribution is 2.40. The summed E-state index contributed by atoms with van der Waals surface area (Å²) in [6.07, 6.45) is -0.406. The summed E-state index contributed by atoms with van der Waals surface area (Å²) in [5, 5.41) is 0. The van der Waals surface area contributed by atoms with Gasteiger partial charge >= 0.3 is 30.7 Å². The topological polar surface area (TPSA) is 136 Å². The van der Waals surface area contributed by atoms with Gasteiger partial charge in [-0.1, -0.05) is 13.8 Å². The van der Waals surface area contributed by atoms with E-state index in [1.165, 1.54) is 13.8 Å². The molecule has 0 atom stereocenters. The Hall–Kier alpha value is -1.15. The maximum atomic E-state index is 11.0. The molecule has 0 unspecified atom stereocenters. The van der Waals surface area contributed by atoms with Gasteiger partial charge in [-0.3, -0.25) is 9.59 Å². The molecule has 19 heavy (non-hydrogen) atoms. The molecule has 0 spiro atoms. The summed E-state index contributed by atoms with van der Waals surface area (Å²) in [6.45, 7) is 2.73. The Morgan fingerprint density at radius 1 is 1.05 bits per heavy atom. The predicted molar refractivity (Wildman–Crippen MR) is 59.9 cm³/mol. The third-order valence-electron chi connectivity index (χ3n) is 1.50. The minimum Gasteiger partial charge on any atom is -0.375 e. The zero-order valence-electron chi connectivity index (χ0n) is 9.99. The first-order valence-corrected chi connectivity index (χ1v) is 6.94. The van der Waals surface area contributed by atoms with Crippen LogP contribution in [0.2, 0.25) is 0 Å². The molecule has 0 aromatic heterocycles. The highest BCUT2D eigenvalue weighted by molar-refractivity contribution is 7.69. The number of carbonyl (C=O) groups excluding carboxylic acids is 3. The van der Waals surface area contributed by atoms with Gasteiger partial charge in [-0.15, -0.1) is 0 Å². The lowest BCUT2D eigenvalue weighted by Gasteiger charge is -2.24. The minimum atomic E-state index is -5.29. The third kappa shape index (κ3) is 6.53. The van der Waals surface area contributed by atoms with Crippen molar-refractivity contribution in [3.8, 4) is 0 Å². The van der Waals surface area contributed by atoms with Gasteiger partial charge < -0.3 is 24.0 Å². The number of alkyl halides is 1. The van der Waals surface area contributed by atoms with E-state index >= 15 is 0 Å². The molecule has 0 amide bonds. The van der Waals surface area contributed by atoms with Crippen LogP contribution in [0, 0.1) is 0 Å². The van der Waals surface area contributed by atoms with Crippen LogP contribution in [0.1, 0.15) is 26.7 Å². The summed E-state index contributed by atoms with van der Waals surface area (Å²) in [5.74, 6) is -2.03. The van der Waals surface area contributed by atoms with Gasteiger partial charge in [0.2, 0.25) is 0 Å². The maximum Gasteiger partial charge on any atom is 0.516 e. The smallest absolute Gasteiger partial charge is 0.375 e. The van der Waals surface area contributed by atoms with Gasteiger partial charge in [0.05, 0.1) is 0 Å². The van der Waals surface area contributed by atoms with E-state index in [4.69, 9.17) is 21.4 Å². The van der Waals surface area contributed by atoms with Crippen molar-refractivity contribution in [1.29, 1.82) is 0 Å². The van der Waals surface area contributed by atoms with Gasteiger partial charge in [0.1, 0.15) is 0 Å². The Bertz CT molecular complexity index is 396. The van der Waals surface area contributed by atoms with Crippen molar-refractivity contribution in [1.82, 2.24) is 0 Å². The van der Waals surface area contributed by atoms with Gasteiger partial charge in [-0.2, -0.15) is 0 Å². The average Bonchev–Trinajstić information content (AvgIpc) is 2.26. The molecule has 0 saturated heterocycles. The summed E-state index contributed by atoms with van der Waals surface area (Å²) < 4.78 is 23.3. The van der Waals surface area contributed by atoms with Crippen LogP contribution >= 0.6 is 19.2 Å². The number of ether oxygens (including phenoxy) is 3. The van der Waals surface area contributed by atoms with E-state index in [9.17, 15) is 18.9 Å². The third-order valence-corrected chi connectivity index (χ3v) is 2.29. The van der Waals surface area contributed by atoms with Gasteiger partial charge in [-0.25, -0.2) is 9.36 Å². The quantitative estimate of drug-likeness (QED) is 0.318. The summed E-state index contributed by atoms with van der Waals surface area (Å²) >= 11 is 5.41. The standard InChI is InChI=1S/C8H12ClO9P/c1-3-5(10)16-8(9,17-6(11)4-2)18-7(12)19(13,14)15/h3-4H2,1-2H3,(H2,13,14,15). The maximum absolute atomic E-state index is 11.0. The molecule has 11 heteroatoms. The molecule has 0 fully saturated rings. The van der Waals surface area contributed by atoms with E-state index in [1.807, 2.05) is 0 Å². The first-order chi connectivity index (χ1) is 8.54. The molecular formula is C8H12ClO9P. The number of carbonyl (C=O) groups is 3. The van der Waals surface area contributed by atoms with Gasteiger partial charge in [0, 0.05) is 24.4 Å². The first-order valence-electron chi connectivity index (χ1n) is 4.95. The highest BCUT2D eigenvalue weighted by atomic mass is 35.5. The number of halogens is 1. The summed E-state index contributed by atoms with van der Waals surface area (Å²) in [4.78, 5) is 50.1. The second-order valence-corrected chi connectivity index (χ2v) is 4.96. The SMILES string of the molecule is CCC(=O)OC(Cl)(OC(=O)CC)OC(=O)P(=O)(O)O. The summed E-state index contributed by atoms with van der Waals surface area (Å²) in [5.41, 5.74) is -5.14. The van der Waals surface area contributed by atoms with Crippen LogP contribution in [0.4, 0.5) is 4.79 Å². The Morgan fingerprint density at radius 2 is 1.42 bits per heavy atom.